The van der Waals surface area contributed by atoms with Crippen molar-refractivity contribution in [2.75, 3.05) is 0 Å². The van der Waals surface area contributed by atoms with Crippen molar-refractivity contribution >= 4 is 5.91 Å². The first-order valence-corrected chi connectivity index (χ1v) is 8.53. The number of carbonyl (C=O) groups is 1. The number of halogens is 3. The SMILES string of the molecule is O=C1c2cccnc2C(O)(c2ccc(C(F)(F)F)cc2)N1Cc1ccccc1. The first-order valence-electron chi connectivity index (χ1n) is 8.53. The van der Waals surface area contributed by atoms with Crippen molar-refractivity contribution in [3.63, 3.8) is 0 Å². The molecule has 28 heavy (non-hydrogen) atoms. The van der Waals surface area contributed by atoms with Crippen LogP contribution in [0.1, 0.15) is 32.7 Å². The Morgan fingerprint density at radius 1 is 0.964 bits per heavy atom. The van der Waals surface area contributed by atoms with E-state index in [1.54, 1.807) is 36.4 Å². The molecule has 1 unspecified atom stereocenters. The maximum Gasteiger partial charge on any atom is 0.416 e. The summed E-state index contributed by atoms with van der Waals surface area (Å²) in [6.07, 6.45) is -3.06. The summed E-state index contributed by atoms with van der Waals surface area (Å²) < 4.78 is 38.8. The van der Waals surface area contributed by atoms with E-state index in [4.69, 9.17) is 0 Å². The molecular weight excluding hydrogens is 369 g/mol. The quantitative estimate of drug-likeness (QED) is 0.744. The molecule has 4 nitrogen and oxygen atoms in total. The van der Waals surface area contributed by atoms with Crippen LogP contribution in [0.15, 0.2) is 72.9 Å². The molecule has 0 radical (unpaired) electrons. The van der Waals surface area contributed by atoms with Gasteiger partial charge in [-0.3, -0.25) is 14.7 Å². The predicted octanol–water partition coefficient (Wildman–Crippen LogP) is 3.95. The molecule has 0 fully saturated rings. The van der Waals surface area contributed by atoms with Gasteiger partial charge in [0.2, 0.25) is 5.72 Å². The predicted molar refractivity (Wildman–Crippen MR) is 95.0 cm³/mol. The number of amides is 1. The zero-order chi connectivity index (χ0) is 19.9. The number of fused-ring (bicyclic) bond motifs is 1. The van der Waals surface area contributed by atoms with E-state index in [1.807, 2.05) is 6.07 Å². The van der Waals surface area contributed by atoms with Gasteiger partial charge >= 0.3 is 6.18 Å². The summed E-state index contributed by atoms with van der Waals surface area (Å²) in [6, 6.07) is 16.3. The van der Waals surface area contributed by atoms with Gasteiger partial charge in [-0.1, -0.05) is 42.5 Å². The van der Waals surface area contributed by atoms with E-state index in [2.05, 4.69) is 4.98 Å². The number of alkyl halides is 3. The molecule has 2 heterocycles. The van der Waals surface area contributed by atoms with Crippen molar-refractivity contribution in [3.8, 4) is 0 Å². The Kier molecular flexibility index (Phi) is 4.19. The van der Waals surface area contributed by atoms with Gasteiger partial charge in [-0.25, -0.2) is 0 Å². The molecule has 1 aliphatic heterocycles. The van der Waals surface area contributed by atoms with E-state index in [0.717, 1.165) is 17.7 Å². The van der Waals surface area contributed by atoms with E-state index in [0.29, 0.717) is 0 Å². The van der Waals surface area contributed by atoms with Crippen LogP contribution < -0.4 is 0 Å². The summed E-state index contributed by atoms with van der Waals surface area (Å²) in [5.74, 6) is -0.436. The van der Waals surface area contributed by atoms with Crippen LogP contribution in [0.4, 0.5) is 13.2 Å². The maximum absolute atomic E-state index is 13.0. The third kappa shape index (κ3) is 2.84. The fourth-order valence-electron chi connectivity index (χ4n) is 3.41. The average molecular weight is 384 g/mol. The Morgan fingerprint density at radius 3 is 2.29 bits per heavy atom. The number of rotatable bonds is 3. The molecule has 0 saturated heterocycles. The molecule has 1 atom stereocenters. The Balaban J connectivity index is 1.83. The standard InChI is InChI=1S/C21H15F3N2O2/c22-21(23,24)16-10-8-15(9-11-16)20(28)18-17(7-4-12-25-18)19(27)26(20)13-14-5-2-1-3-6-14/h1-12,28H,13H2. The Hall–Kier alpha value is -3.19. The second-order valence-corrected chi connectivity index (χ2v) is 6.52. The third-order valence-corrected chi connectivity index (χ3v) is 4.80. The van der Waals surface area contributed by atoms with Crippen LogP contribution >= 0.6 is 0 Å². The highest BCUT2D eigenvalue weighted by molar-refractivity contribution is 5.99. The minimum absolute atomic E-state index is 0.0769. The van der Waals surface area contributed by atoms with Gasteiger partial charge in [-0.2, -0.15) is 13.2 Å². The van der Waals surface area contributed by atoms with Crippen LogP contribution in [0, 0.1) is 0 Å². The number of hydrogen-bond donors (Lipinski definition) is 1. The highest BCUT2D eigenvalue weighted by Gasteiger charge is 2.51. The van der Waals surface area contributed by atoms with Crippen molar-refractivity contribution in [2.45, 2.75) is 18.4 Å². The number of carbonyl (C=O) groups excluding carboxylic acids is 1. The average Bonchev–Trinajstić information content (AvgIpc) is 2.91. The lowest BCUT2D eigenvalue weighted by molar-refractivity contribution is -0.137. The van der Waals surface area contributed by atoms with E-state index >= 15 is 0 Å². The molecule has 1 N–H and O–H groups in total. The second kappa shape index (κ2) is 6.45. The second-order valence-electron chi connectivity index (χ2n) is 6.52. The highest BCUT2D eigenvalue weighted by atomic mass is 19.4. The van der Waals surface area contributed by atoms with E-state index < -0.39 is 23.4 Å². The monoisotopic (exact) mass is 384 g/mol. The number of nitrogens with zero attached hydrogens (tertiary/aromatic N) is 2. The zero-order valence-corrected chi connectivity index (χ0v) is 14.5. The van der Waals surface area contributed by atoms with E-state index in [-0.39, 0.29) is 23.4 Å². The molecule has 2 aromatic carbocycles. The van der Waals surface area contributed by atoms with Gasteiger partial charge in [0, 0.05) is 18.3 Å². The Morgan fingerprint density at radius 2 is 1.64 bits per heavy atom. The van der Waals surface area contributed by atoms with Crippen LogP contribution in [0.2, 0.25) is 0 Å². The molecule has 4 rings (SSSR count). The van der Waals surface area contributed by atoms with Gasteiger partial charge < -0.3 is 5.11 Å². The first kappa shape index (κ1) is 18.2. The number of aromatic nitrogens is 1. The van der Waals surface area contributed by atoms with E-state index in [9.17, 15) is 23.1 Å². The lowest BCUT2D eigenvalue weighted by Crippen LogP contribution is -2.44. The fourth-order valence-corrected chi connectivity index (χ4v) is 3.41. The molecule has 0 bridgehead atoms. The van der Waals surface area contributed by atoms with Crippen molar-refractivity contribution < 1.29 is 23.1 Å². The largest absolute Gasteiger partial charge is 0.416 e. The summed E-state index contributed by atoms with van der Waals surface area (Å²) in [5.41, 5.74) is -1.55. The lowest BCUT2D eigenvalue weighted by Gasteiger charge is -2.34. The van der Waals surface area contributed by atoms with Crippen molar-refractivity contribution in [3.05, 3.63) is 101 Å². The molecular formula is C21H15F3N2O2. The topological polar surface area (TPSA) is 53.4 Å². The molecule has 7 heteroatoms. The van der Waals surface area contributed by atoms with Crippen LogP contribution in [0.25, 0.3) is 0 Å². The van der Waals surface area contributed by atoms with E-state index in [1.165, 1.54) is 23.2 Å². The number of aliphatic hydroxyl groups is 1. The zero-order valence-electron chi connectivity index (χ0n) is 14.5. The first-order chi connectivity index (χ1) is 13.3. The van der Waals surface area contributed by atoms with Crippen LogP contribution in [-0.4, -0.2) is 20.9 Å². The molecule has 0 aliphatic carbocycles. The van der Waals surface area contributed by atoms with Crippen LogP contribution in [0.5, 0.6) is 0 Å². The van der Waals surface area contributed by atoms with Gasteiger partial charge in [-0.05, 0) is 29.8 Å². The lowest BCUT2D eigenvalue weighted by atomic mass is 9.96. The minimum Gasteiger partial charge on any atom is -0.362 e. The number of pyridine rings is 1. The number of benzene rings is 2. The summed E-state index contributed by atoms with van der Waals surface area (Å²) >= 11 is 0. The van der Waals surface area contributed by atoms with Gasteiger partial charge in [-0.15, -0.1) is 0 Å². The van der Waals surface area contributed by atoms with Crippen molar-refractivity contribution in [2.24, 2.45) is 0 Å². The molecule has 3 aromatic rings. The molecule has 0 saturated carbocycles. The van der Waals surface area contributed by atoms with Gasteiger partial charge in [0.1, 0.15) is 5.69 Å². The molecule has 142 valence electrons. The van der Waals surface area contributed by atoms with Crippen LogP contribution in [-0.2, 0) is 18.4 Å². The smallest absolute Gasteiger partial charge is 0.362 e. The minimum atomic E-state index is -4.49. The van der Waals surface area contributed by atoms with Crippen LogP contribution in [0.3, 0.4) is 0 Å². The summed E-state index contributed by atoms with van der Waals surface area (Å²) in [5, 5.41) is 11.6. The van der Waals surface area contributed by atoms with Crippen molar-refractivity contribution in [1.82, 2.24) is 9.88 Å². The van der Waals surface area contributed by atoms with Gasteiger partial charge in [0.05, 0.1) is 11.1 Å². The van der Waals surface area contributed by atoms with Gasteiger partial charge in [0.15, 0.2) is 0 Å². The number of hydrogen-bond acceptors (Lipinski definition) is 3. The normalized spacial score (nSPS) is 19.0. The van der Waals surface area contributed by atoms with Gasteiger partial charge in [0.25, 0.3) is 5.91 Å². The molecule has 1 aliphatic rings. The highest BCUT2D eigenvalue weighted by Crippen LogP contribution is 2.42. The maximum atomic E-state index is 13.0. The fraction of sp³-hybridized carbons (Fsp3) is 0.143. The molecule has 1 aromatic heterocycles. The summed E-state index contributed by atoms with van der Waals surface area (Å²) in [4.78, 5) is 18.4. The van der Waals surface area contributed by atoms with Crippen molar-refractivity contribution in [1.29, 1.82) is 0 Å². The summed E-state index contributed by atoms with van der Waals surface area (Å²) in [6.45, 7) is 0.0769. The Labute approximate surface area is 158 Å². The summed E-state index contributed by atoms with van der Waals surface area (Å²) in [7, 11) is 0. The Bertz CT molecular complexity index is 1020. The third-order valence-electron chi connectivity index (χ3n) is 4.80. The molecule has 0 spiro atoms. The molecule has 1 amide bonds.